The monoisotopic (exact) mass is 447 g/mol. The summed E-state index contributed by atoms with van der Waals surface area (Å²) in [4.78, 5) is 18.1. The zero-order valence-electron chi connectivity index (χ0n) is 16.6. The van der Waals surface area contributed by atoms with E-state index in [1.54, 1.807) is 43.3 Å². The van der Waals surface area contributed by atoms with E-state index < -0.39 is 17.5 Å². The van der Waals surface area contributed by atoms with Crippen molar-refractivity contribution in [2.75, 3.05) is 21.2 Å². The summed E-state index contributed by atoms with van der Waals surface area (Å²) in [5.41, 5.74) is -0.612. The van der Waals surface area contributed by atoms with E-state index in [9.17, 15) is 18.0 Å². The number of ether oxygens (including phenoxy) is 2. The van der Waals surface area contributed by atoms with Crippen LogP contribution in [0, 0.1) is 11.3 Å². The normalized spacial score (nSPS) is 14.9. The van der Waals surface area contributed by atoms with Gasteiger partial charge in [0.15, 0.2) is 16.7 Å². The van der Waals surface area contributed by atoms with Gasteiger partial charge in [0.25, 0.3) is 5.91 Å². The Labute approximate surface area is 180 Å². The second-order valence-electron chi connectivity index (χ2n) is 6.54. The molecule has 0 fully saturated rings. The molecule has 1 aliphatic rings. The number of benzene rings is 2. The Morgan fingerprint density at radius 3 is 2.42 bits per heavy atom. The average molecular weight is 447 g/mol. The summed E-state index contributed by atoms with van der Waals surface area (Å²) in [5.74, 6) is -0.603. The number of halogens is 3. The maximum Gasteiger partial charge on any atom is 0.420 e. The lowest BCUT2D eigenvalue weighted by Gasteiger charge is -2.16. The Bertz CT molecular complexity index is 1130. The second kappa shape index (κ2) is 8.73. The molecule has 160 valence electrons. The fraction of sp³-hybridized carbons (Fsp3) is 0.190. The predicted molar refractivity (Wildman–Crippen MR) is 111 cm³/mol. The molecule has 2 aromatic carbocycles. The number of aliphatic imine (C=N–C) groups is 1. The van der Waals surface area contributed by atoms with Gasteiger partial charge in [-0.15, -0.1) is 0 Å². The van der Waals surface area contributed by atoms with Crippen LogP contribution < -0.4 is 9.47 Å². The van der Waals surface area contributed by atoms with Crippen molar-refractivity contribution in [3.8, 4) is 23.3 Å². The smallest absolute Gasteiger partial charge is 0.420 e. The van der Waals surface area contributed by atoms with E-state index >= 15 is 0 Å². The largest absolute Gasteiger partial charge is 0.493 e. The van der Waals surface area contributed by atoms with Gasteiger partial charge >= 0.3 is 6.18 Å². The Morgan fingerprint density at radius 1 is 1.13 bits per heavy atom. The summed E-state index contributed by atoms with van der Waals surface area (Å²) in [6.07, 6.45) is -3.09. The number of amides is 1. The van der Waals surface area contributed by atoms with Crippen molar-refractivity contribution < 1.29 is 27.4 Å². The second-order valence-corrected chi connectivity index (χ2v) is 7.55. The zero-order valence-corrected chi connectivity index (χ0v) is 17.5. The van der Waals surface area contributed by atoms with Crippen LogP contribution in [0.3, 0.4) is 0 Å². The summed E-state index contributed by atoms with van der Waals surface area (Å²) in [5, 5.41) is 9.44. The van der Waals surface area contributed by atoms with E-state index in [1.807, 2.05) is 0 Å². The molecule has 3 rings (SSSR count). The number of carbonyl (C=O) groups is 1. The first-order valence-electron chi connectivity index (χ1n) is 8.79. The molecule has 0 saturated carbocycles. The third-order valence-electron chi connectivity index (χ3n) is 4.11. The molecular weight excluding hydrogens is 431 g/mol. The number of rotatable bonds is 4. The standard InChI is InChI=1S/C21H16F3N3O3S/c1-27(2)20-26-19(28)18(31-20)10-12-4-7-16(17(9-12)29-3)30-15-6-5-13(11-25)8-14(15)21(22,23)24/h4-10H,1-3H3. The van der Waals surface area contributed by atoms with Crippen LogP contribution in [0.1, 0.15) is 16.7 Å². The number of hydrogen-bond donors (Lipinski definition) is 0. The highest BCUT2D eigenvalue weighted by Crippen LogP contribution is 2.41. The zero-order chi connectivity index (χ0) is 22.8. The lowest BCUT2D eigenvalue weighted by Crippen LogP contribution is -2.16. The molecule has 0 aromatic heterocycles. The van der Waals surface area contributed by atoms with Crippen LogP contribution in [0.15, 0.2) is 46.3 Å². The van der Waals surface area contributed by atoms with Crippen molar-refractivity contribution >= 4 is 28.9 Å². The number of thioether (sulfide) groups is 1. The summed E-state index contributed by atoms with van der Waals surface area (Å²) in [6, 6.07) is 9.31. The van der Waals surface area contributed by atoms with E-state index in [1.165, 1.54) is 31.0 Å². The fourth-order valence-electron chi connectivity index (χ4n) is 2.63. The first-order valence-corrected chi connectivity index (χ1v) is 9.61. The number of amidine groups is 1. The Morgan fingerprint density at radius 2 is 1.84 bits per heavy atom. The minimum atomic E-state index is -4.70. The van der Waals surface area contributed by atoms with E-state index in [0.29, 0.717) is 15.6 Å². The van der Waals surface area contributed by atoms with Crippen LogP contribution in [0.5, 0.6) is 17.2 Å². The summed E-state index contributed by atoms with van der Waals surface area (Å²) < 4.78 is 50.9. The van der Waals surface area contributed by atoms with Gasteiger partial charge in [-0.25, -0.2) is 0 Å². The number of nitrogens with zero attached hydrogens (tertiary/aromatic N) is 3. The minimum Gasteiger partial charge on any atom is -0.493 e. The highest BCUT2D eigenvalue weighted by Gasteiger charge is 2.35. The number of alkyl halides is 3. The van der Waals surface area contributed by atoms with Gasteiger partial charge in [0.2, 0.25) is 0 Å². The maximum absolute atomic E-state index is 13.4. The van der Waals surface area contributed by atoms with Gasteiger partial charge < -0.3 is 14.4 Å². The first-order chi connectivity index (χ1) is 14.6. The van der Waals surface area contributed by atoms with Crippen molar-refractivity contribution in [3.05, 3.63) is 58.0 Å². The molecule has 1 heterocycles. The number of nitriles is 1. The van der Waals surface area contributed by atoms with Crippen LogP contribution in [0.2, 0.25) is 0 Å². The third-order valence-corrected chi connectivity index (χ3v) is 5.26. The summed E-state index contributed by atoms with van der Waals surface area (Å²) in [6.45, 7) is 0. The van der Waals surface area contributed by atoms with Crippen LogP contribution in [0.4, 0.5) is 13.2 Å². The van der Waals surface area contributed by atoms with Gasteiger partial charge in [-0.2, -0.15) is 23.4 Å². The number of methoxy groups -OCH3 is 1. The quantitative estimate of drug-likeness (QED) is 0.620. The molecule has 0 saturated heterocycles. The van der Waals surface area contributed by atoms with Crippen LogP contribution >= 0.6 is 11.8 Å². The molecule has 0 aliphatic carbocycles. The topological polar surface area (TPSA) is 74.9 Å². The summed E-state index contributed by atoms with van der Waals surface area (Å²) in [7, 11) is 4.90. The van der Waals surface area contributed by atoms with Crippen molar-refractivity contribution in [2.24, 2.45) is 4.99 Å². The van der Waals surface area contributed by atoms with Crippen molar-refractivity contribution in [1.82, 2.24) is 4.90 Å². The van der Waals surface area contributed by atoms with Crippen LogP contribution in [-0.4, -0.2) is 37.2 Å². The van der Waals surface area contributed by atoms with Gasteiger partial charge in [-0.05, 0) is 53.7 Å². The van der Waals surface area contributed by atoms with E-state index in [0.717, 1.165) is 12.1 Å². The fourth-order valence-corrected chi connectivity index (χ4v) is 3.46. The van der Waals surface area contributed by atoms with Crippen molar-refractivity contribution in [2.45, 2.75) is 6.18 Å². The number of hydrogen-bond acceptors (Lipinski definition) is 6. The molecule has 6 nitrogen and oxygen atoms in total. The lowest BCUT2D eigenvalue weighted by molar-refractivity contribution is -0.138. The minimum absolute atomic E-state index is 0.0514. The molecule has 10 heteroatoms. The van der Waals surface area contributed by atoms with E-state index in [4.69, 9.17) is 14.7 Å². The molecule has 0 spiro atoms. The average Bonchev–Trinajstić information content (AvgIpc) is 3.09. The first kappa shape index (κ1) is 22.2. The van der Waals surface area contributed by atoms with E-state index in [-0.39, 0.29) is 23.0 Å². The molecule has 1 amide bonds. The van der Waals surface area contributed by atoms with Crippen molar-refractivity contribution in [1.29, 1.82) is 5.26 Å². The van der Waals surface area contributed by atoms with Gasteiger partial charge in [0.05, 0.1) is 29.2 Å². The predicted octanol–water partition coefficient (Wildman–Crippen LogP) is 4.91. The van der Waals surface area contributed by atoms with Gasteiger partial charge in [0.1, 0.15) is 5.75 Å². The molecule has 1 aliphatic heterocycles. The van der Waals surface area contributed by atoms with E-state index in [2.05, 4.69) is 4.99 Å². The maximum atomic E-state index is 13.4. The van der Waals surface area contributed by atoms with Crippen molar-refractivity contribution in [3.63, 3.8) is 0 Å². The number of carbonyl (C=O) groups excluding carboxylic acids is 1. The Balaban J connectivity index is 1.92. The van der Waals surface area contributed by atoms with Crippen LogP contribution in [-0.2, 0) is 11.0 Å². The third kappa shape index (κ3) is 5.00. The Hall–Kier alpha value is -3.45. The highest BCUT2D eigenvalue weighted by molar-refractivity contribution is 8.18. The summed E-state index contributed by atoms with van der Waals surface area (Å²) >= 11 is 1.21. The van der Waals surface area contributed by atoms with Gasteiger partial charge in [-0.1, -0.05) is 6.07 Å². The molecule has 0 radical (unpaired) electrons. The van der Waals surface area contributed by atoms with Crippen LogP contribution in [0.25, 0.3) is 6.08 Å². The lowest BCUT2D eigenvalue weighted by atomic mass is 10.1. The molecule has 0 unspecified atom stereocenters. The molecule has 0 atom stereocenters. The molecular formula is C21H16F3N3O3S. The van der Waals surface area contributed by atoms with Gasteiger partial charge in [-0.3, -0.25) is 4.79 Å². The Kier molecular flexibility index (Phi) is 6.27. The molecule has 0 N–H and O–H groups in total. The van der Waals surface area contributed by atoms with Gasteiger partial charge in [0, 0.05) is 14.1 Å². The molecule has 2 aromatic rings. The molecule has 31 heavy (non-hydrogen) atoms. The highest BCUT2D eigenvalue weighted by atomic mass is 32.2. The molecule has 0 bridgehead atoms. The SMILES string of the molecule is COc1cc(C=C2SC(N(C)C)=NC2=O)ccc1Oc1ccc(C#N)cc1C(F)(F)F.